The number of hydrogen-bond donors (Lipinski definition) is 3. The van der Waals surface area contributed by atoms with Gasteiger partial charge in [0.1, 0.15) is 11.4 Å². The lowest BCUT2D eigenvalue weighted by Gasteiger charge is -2.12. The minimum Gasteiger partial charge on any atom is -0.494 e. The van der Waals surface area contributed by atoms with Crippen molar-refractivity contribution in [3.05, 3.63) is 130 Å². The van der Waals surface area contributed by atoms with Crippen molar-refractivity contribution in [1.29, 1.82) is 0 Å². The number of benzene rings is 4. The van der Waals surface area contributed by atoms with Crippen molar-refractivity contribution in [3.63, 3.8) is 0 Å². The summed E-state index contributed by atoms with van der Waals surface area (Å²) in [7, 11) is 0. The van der Waals surface area contributed by atoms with Crippen LogP contribution in [0.1, 0.15) is 33.3 Å². The third-order valence-corrected chi connectivity index (χ3v) is 8.74. The van der Waals surface area contributed by atoms with E-state index in [1.807, 2.05) is 69.3 Å². The molecule has 0 aliphatic heterocycles. The van der Waals surface area contributed by atoms with Crippen LogP contribution in [0.25, 0.3) is 17.3 Å². The van der Waals surface area contributed by atoms with Crippen LogP contribution in [-0.4, -0.2) is 35.1 Å². The van der Waals surface area contributed by atoms with Gasteiger partial charge in [-0.3, -0.25) is 14.4 Å². The average molecular weight is 663 g/mol. The monoisotopic (exact) mass is 662 g/mol. The summed E-state index contributed by atoms with van der Waals surface area (Å²) >= 11 is 2.78. The molecule has 10 heteroatoms. The summed E-state index contributed by atoms with van der Waals surface area (Å²) < 4.78 is 5.52. The Hall–Kier alpha value is -5.19. The number of anilines is 2. The van der Waals surface area contributed by atoms with E-state index >= 15 is 0 Å². The number of thiazole rings is 1. The molecule has 0 saturated carbocycles. The number of aryl methyl sites for hydroxylation is 2. The van der Waals surface area contributed by atoms with E-state index in [1.165, 1.54) is 28.7 Å². The first-order chi connectivity index (χ1) is 22.8. The Kier molecular flexibility index (Phi) is 11.2. The van der Waals surface area contributed by atoms with Crippen LogP contribution < -0.4 is 20.7 Å². The minimum atomic E-state index is -0.494. The van der Waals surface area contributed by atoms with Crippen LogP contribution in [-0.2, 0) is 9.59 Å². The molecule has 0 aliphatic rings. The lowest BCUT2D eigenvalue weighted by atomic mass is 10.1. The van der Waals surface area contributed by atoms with Gasteiger partial charge in [-0.1, -0.05) is 66.2 Å². The highest BCUT2D eigenvalue weighted by molar-refractivity contribution is 8.00. The van der Waals surface area contributed by atoms with Gasteiger partial charge in [0.25, 0.3) is 11.8 Å². The quantitative estimate of drug-likeness (QED) is 0.0924. The Morgan fingerprint density at radius 3 is 2.34 bits per heavy atom. The molecule has 0 fully saturated rings. The molecule has 1 aromatic heterocycles. The molecule has 0 aliphatic carbocycles. The zero-order valence-corrected chi connectivity index (χ0v) is 27.8. The molecular weight excluding hydrogens is 629 g/mol. The molecule has 238 valence electrons. The highest BCUT2D eigenvalue weighted by Gasteiger charge is 2.16. The summed E-state index contributed by atoms with van der Waals surface area (Å²) in [5.74, 6) is -0.217. The van der Waals surface area contributed by atoms with Crippen molar-refractivity contribution in [3.8, 4) is 17.0 Å². The molecule has 0 radical (unpaired) electrons. The molecule has 5 rings (SSSR count). The van der Waals surface area contributed by atoms with E-state index in [0.717, 1.165) is 21.0 Å². The van der Waals surface area contributed by atoms with Gasteiger partial charge in [-0.25, -0.2) is 4.98 Å². The van der Waals surface area contributed by atoms with Gasteiger partial charge in [0.15, 0.2) is 5.13 Å². The Balaban J connectivity index is 1.24. The SMILES string of the molecule is CCOc1ccc(/C=C(/NC(=O)c2ccccc2)C(=O)Nc2cccc(SCC(=O)Nc3nc(-c4ccc(C)cc4)c(C)s3)c2)cc1. The number of carbonyl (C=O) groups is 3. The van der Waals surface area contributed by atoms with Gasteiger partial charge in [-0.2, -0.15) is 0 Å². The highest BCUT2D eigenvalue weighted by atomic mass is 32.2. The fourth-order valence-corrected chi connectivity index (χ4v) is 6.14. The molecule has 3 N–H and O–H groups in total. The third kappa shape index (κ3) is 9.41. The fourth-order valence-electron chi connectivity index (χ4n) is 4.53. The number of hydrogen-bond acceptors (Lipinski definition) is 7. The number of ether oxygens (including phenoxy) is 1. The second-order valence-electron chi connectivity index (χ2n) is 10.5. The largest absolute Gasteiger partial charge is 0.494 e. The smallest absolute Gasteiger partial charge is 0.272 e. The van der Waals surface area contributed by atoms with Gasteiger partial charge < -0.3 is 20.7 Å². The Morgan fingerprint density at radius 1 is 0.872 bits per heavy atom. The van der Waals surface area contributed by atoms with E-state index in [9.17, 15) is 14.4 Å². The maximum Gasteiger partial charge on any atom is 0.272 e. The van der Waals surface area contributed by atoms with Crippen LogP contribution in [0.15, 0.2) is 114 Å². The molecule has 47 heavy (non-hydrogen) atoms. The van der Waals surface area contributed by atoms with Crippen LogP contribution in [0.5, 0.6) is 5.75 Å². The van der Waals surface area contributed by atoms with Crippen molar-refractivity contribution >= 4 is 57.7 Å². The minimum absolute atomic E-state index is 0.0733. The predicted molar refractivity (Wildman–Crippen MR) is 191 cm³/mol. The van der Waals surface area contributed by atoms with E-state index < -0.39 is 11.8 Å². The molecule has 3 amide bonds. The van der Waals surface area contributed by atoms with Crippen molar-refractivity contribution in [2.24, 2.45) is 0 Å². The van der Waals surface area contributed by atoms with E-state index in [4.69, 9.17) is 4.74 Å². The zero-order valence-electron chi connectivity index (χ0n) is 26.2. The topological polar surface area (TPSA) is 109 Å². The first-order valence-electron chi connectivity index (χ1n) is 15.0. The van der Waals surface area contributed by atoms with Gasteiger partial charge in [-0.15, -0.1) is 23.1 Å². The number of nitrogens with zero attached hydrogens (tertiary/aromatic N) is 1. The normalized spacial score (nSPS) is 11.1. The molecule has 5 aromatic rings. The molecule has 0 bridgehead atoms. The molecule has 0 atom stereocenters. The Morgan fingerprint density at radius 2 is 1.62 bits per heavy atom. The van der Waals surface area contributed by atoms with Crippen LogP contribution in [0.3, 0.4) is 0 Å². The lowest BCUT2D eigenvalue weighted by molar-refractivity contribution is -0.114. The van der Waals surface area contributed by atoms with Gasteiger partial charge in [0, 0.05) is 26.6 Å². The summed E-state index contributed by atoms with van der Waals surface area (Å²) in [5, 5.41) is 9.09. The standard InChI is InChI=1S/C37H34N4O4S2/c1-4-45-30-19-15-26(16-20-30)21-32(39-35(43)28-9-6-5-7-10-28)36(44)38-29-11-8-12-31(22-29)46-23-33(42)40-37-41-34(25(3)47-37)27-17-13-24(2)14-18-27/h5-22H,4,23H2,1-3H3,(H,38,44)(H,39,43)(H,40,41,42)/b32-21+. The molecule has 0 spiro atoms. The zero-order chi connectivity index (χ0) is 33.2. The van der Waals surface area contributed by atoms with Gasteiger partial charge in [0.2, 0.25) is 5.91 Å². The number of carbonyl (C=O) groups excluding carboxylic acids is 3. The van der Waals surface area contributed by atoms with Crippen molar-refractivity contribution < 1.29 is 19.1 Å². The number of aromatic nitrogens is 1. The average Bonchev–Trinajstić information content (AvgIpc) is 3.44. The van der Waals surface area contributed by atoms with Gasteiger partial charge in [0.05, 0.1) is 18.1 Å². The van der Waals surface area contributed by atoms with Crippen LogP contribution >= 0.6 is 23.1 Å². The molecule has 4 aromatic carbocycles. The lowest BCUT2D eigenvalue weighted by Crippen LogP contribution is -2.30. The first kappa shape index (κ1) is 33.2. The number of amides is 3. The number of thioether (sulfide) groups is 1. The predicted octanol–water partition coefficient (Wildman–Crippen LogP) is 7.97. The summed E-state index contributed by atoms with van der Waals surface area (Å²) in [6.07, 6.45) is 1.61. The number of nitrogens with one attached hydrogen (secondary N) is 3. The summed E-state index contributed by atoms with van der Waals surface area (Å²) in [6.45, 7) is 6.47. The Labute approximate surface area is 282 Å². The maximum absolute atomic E-state index is 13.5. The third-order valence-electron chi connectivity index (χ3n) is 6.86. The molecule has 1 heterocycles. The van der Waals surface area contributed by atoms with E-state index in [2.05, 4.69) is 20.9 Å². The summed E-state index contributed by atoms with van der Waals surface area (Å²) in [5.41, 5.74) is 4.77. The van der Waals surface area contributed by atoms with Crippen LogP contribution in [0, 0.1) is 13.8 Å². The van der Waals surface area contributed by atoms with E-state index in [0.29, 0.717) is 34.3 Å². The maximum atomic E-state index is 13.5. The molecule has 0 unspecified atom stereocenters. The summed E-state index contributed by atoms with van der Waals surface area (Å²) in [6, 6.07) is 31.3. The van der Waals surface area contributed by atoms with E-state index in [-0.39, 0.29) is 17.4 Å². The van der Waals surface area contributed by atoms with Crippen molar-refractivity contribution in [2.75, 3.05) is 23.0 Å². The van der Waals surface area contributed by atoms with Crippen LogP contribution in [0.2, 0.25) is 0 Å². The van der Waals surface area contributed by atoms with Crippen molar-refractivity contribution in [1.82, 2.24) is 10.3 Å². The molecule has 0 saturated heterocycles. The number of rotatable bonds is 12. The van der Waals surface area contributed by atoms with Crippen molar-refractivity contribution in [2.45, 2.75) is 25.7 Å². The second-order valence-corrected chi connectivity index (χ2v) is 12.7. The first-order valence-corrected chi connectivity index (χ1v) is 16.8. The molecular formula is C37H34N4O4S2. The summed E-state index contributed by atoms with van der Waals surface area (Å²) in [4.78, 5) is 45.7. The van der Waals surface area contributed by atoms with Gasteiger partial charge in [-0.05, 0) is 74.9 Å². The fraction of sp³-hybridized carbons (Fsp3) is 0.135. The van der Waals surface area contributed by atoms with Gasteiger partial charge >= 0.3 is 0 Å². The van der Waals surface area contributed by atoms with E-state index in [1.54, 1.807) is 60.7 Å². The molecule has 8 nitrogen and oxygen atoms in total. The van der Waals surface area contributed by atoms with Crippen LogP contribution in [0.4, 0.5) is 10.8 Å². The second kappa shape index (κ2) is 15.9. The Bertz CT molecular complexity index is 1890. The highest BCUT2D eigenvalue weighted by Crippen LogP contribution is 2.31.